The Morgan fingerprint density at radius 1 is 0.491 bits per heavy atom. The molecule has 1 fully saturated rings. The molecule has 0 N–H and O–H groups in total. The van der Waals surface area contributed by atoms with Gasteiger partial charge in [-0.2, -0.15) is 15.8 Å². The lowest BCUT2D eigenvalue weighted by molar-refractivity contribution is 0.723. The molecule has 7 rings (SSSR count). The number of aryl methyl sites for hydroxylation is 1. The van der Waals surface area contributed by atoms with E-state index in [9.17, 15) is 0 Å². The molecule has 0 bridgehead atoms. The van der Waals surface area contributed by atoms with Gasteiger partial charge in [0, 0.05) is 58.0 Å². The van der Waals surface area contributed by atoms with Crippen LogP contribution in [-0.2, 0) is 0 Å². The molecule has 0 amide bonds. The van der Waals surface area contributed by atoms with Crippen molar-refractivity contribution in [3.63, 3.8) is 0 Å². The topological polar surface area (TPSA) is 81.1 Å². The standard InChI is InChI=1S/C19H20N2.C17H18N2.C15H14N2/c1-21(18-10-6-15(14-20)7-11-18)19-12-8-17(9-13-19)16-4-2-3-5-16;1-13(2)15-6-10-17(11-7-15)19(3)16-8-4-14(12-18)5-9-16;1-12-3-7-14(8-4-12)17(2)15-9-5-13(11-16)6-10-15/h6-13,16H,2-5H2,1H3;4-11,13H,1-3H3;3-10H,1-2H3/i16D;13D;. The zero-order valence-corrected chi connectivity index (χ0v) is 33.9. The molecule has 1 aliphatic carbocycles. The van der Waals surface area contributed by atoms with Crippen molar-refractivity contribution in [1.82, 2.24) is 0 Å². The van der Waals surface area contributed by atoms with E-state index in [-0.39, 0.29) is 5.89 Å². The average molecular weight is 751 g/mol. The van der Waals surface area contributed by atoms with Crippen LogP contribution in [0.25, 0.3) is 0 Å². The lowest BCUT2D eigenvalue weighted by atomic mass is 9.97. The number of nitriles is 3. The summed E-state index contributed by atoms with van der Waals surface area (Å²) >= 11 is 0. The zero-order chi connectivity index (χ0) is 42.6. The van der Waals surface area contributed by atoms with Gasteiger partial charge >= 0.3 is 0 Å². The van der Waals surface area contributed by atoms with Crippen molar-refractivity contribution in [2.45, 2.75) is 58.2 Å². The maximum atomic E-state index is 8.86. The summed E-state index contributed by atoms with van der Waals surface area (Å²) in [6, 6.07) is 53.7. The smallest absolute Gasteiger partial charge is 0.0991 e. The predicted octanol–water partition coefficient (Wildman–Crippen LogP) is 13.1. The first-order valence-electron chi connectivity index (χ1n) is 20.2. The third kappa shape index (κ3) is 11.4. The highest BCUT2D eigenvalue weighted by Crippen LogP contribution is 2.35. The van der Waals surface area contributed by atoms with Crippen LogP contribution < -0.4 is 14.7 Å². The van der Waals surface area contributed by atoms with Crippen molar-refractivity contribution in [1.29, 1.82) is 15.8 Å². The van der Waals surface area contributed by atoms with E-state index in [2.05, 4.69) is 88.4 Å². The molecule has 0 aromatic heterocycles. The van der Waals surface area contributed by atoms with E-state index >= 15 is 0 Å². The fourth-order valence-corrected chi connectivity index (χ4v) is 6.52. The Balaban J connectivity index is 0.000000170. The SMILES string of the molecule is Cc1ccc(N(C)c2ccc(C#N)cc2)cc1.[2H]C(C)(C)c1ccc(N(C)c2ccc(C#N)cc2)cc1.[2H]C1(c2ccc(N(C)c3ccc(C#N)cc3)cc2)CCCC1. The van der Waals surface area contributed by atoms with Crippen LogP contribution in [0.2, 0.25) is 0 Å². The van der Waals surface area contributed by atoms with Crippen molar-refractivity contribution >= 4 is 34.1 Å². The van der Waals surface area contributed by atoms with Gasteiger partial charge in [0.2, 0.25) is 0 Å². The first-order valence-corrected chi connectivity index (χ1v) is 19.2. The number of nitrogens with zero attached hydrogens (tertiary/aromatic N) is 6. The van der Waals surface area contributed by atoms with Gasteiger partial charge in [-0.1, -0.05) is 68.7 Å². The molecule has 0 heterocycles. The first kappa shape index (κ1) is 38.5. The highest BCUT2D eigenvalue weighted by atomic mass is 15.1. The van der Waals surface area contributed by atoms with Crippen LogP contribution in [0.5, 0.6) is 0 Å². The molecule has 0 radical (unpaired) electrons. The number of hydrogen-bond donors (Lipinski definition) is 0. The molecule has 0 saturated heterocycles. The van der Waals surface area contributed by atoms with Crippen LogP contribution >= 0.6 is 0 Å². The predicted molar refractivity (Wildman–Crippen MR) is 237 cm³/mol. The van der Waals surface area contributed by atoms with Gasteiger partial charge in [-0.15, -0.1) is 0 Å². The highest BCUT2D eigenvalue weighted by Gasteiger charge is 2.17. The summed E-state index contributed by atoms with van der Waals surface area (Å²) in [5.74, 6) is -0.961. The van der Waals surface area contributed by atoms with Gasteiger partial charge in [0.15, 0.2) is 0 Å². The Kier molecular flexibility index (Phi) is 13.6. The number of rotatable bonds is 8. The van der Waals surface area contributed by atoms with Gasteiger partial charge in [0.1, 0.15) is 0 Å². The van der Waals surface area contributed by atoms with Gasteiger partial charge in [-0.05, 0) is 152 Å². The van der Waals surface area contributed by atoms with Crippen molar-refractivity contribution < 1.29 is 2.74 Å². The Labute approximate surface area is 342 Å². The van der Waals surface area contributed by atoms with Gasteiger partial charge in [0.25, 0.3) is 0 Å². The third-order valence-electron chi connectivity index (χ3n) is 10.3. The molecule has 1 saturated carbocycles. The summed E-state index contributed by atoms with van der Waals surface area (Å²) in [6.07, 6.45) is 4.27. The second kappa shape index (κ2) is 20.2. The maximum Gasteiger partial charge on any atom is 0.0991 e. The Hall–Kier alpha value is -6.81. The maximum absolute atomic E-state index is 8.86. The van der Waals surface area contributed by atoms with E-state index in [1.54, 1.807) is 0 Å². The highest BCUT2D eigenvalue weighted by molar-refractivity contribution is 5.65. The minimum Gasteiger partial charge on any atom is -0.345 e. The summed E-state index contributed by atoms with van der Waals surface area (Å²) in [5.41, 5.74) is 11.8. The van der Waals surface area contributed by atoms with Crippen LogP contribution in [0, 0.1) is 40.9 Å². The van der Waals surface area contributed by atoms with E-state index in [0.29, 0.717) is 16.7 Å². The zero-order valence-electron chi connectivity index (χ0n) is 35.9. The minimum absolute atomic E-state index is 0.383. The summed E-state index contributed by atoms with van der Waals surface area (Å²) in [5, 5.41) is 26.4. The van der Waals surface area contributed by atoms with E-state index in [1.165, 1.54) is 5.56 Å². The fourth-order valence-electron chi connectivity index (χ4n) is 6.52. The van der Waals surface area contributed by atoms with Gasteiger partial charge in [-0.25, -0.2) is 0 Å². The molecule has 6 heteroatoms. The van der Waals surface area contributed by atoms with Crippen molar-refractivity contribution in [3.05, 3.63) is 179 Å². The Morgan fingerprint density at radius 2 is 0.772 bits per heavy atom. The number of anilines is 6. The molecule has 0 unspecified atom stereocenters. The molecule has 0 spiro atoms. The van der Waals surface area contributed by atoms with Crippen LogP contribution in [0.15, 0.2) is 146 Å². The Morgan fingerprint density at radius 3 is 1.07 bits per heavy atom. The quantitative estimate of drug-likeness (QED) is 0.154. The molecule has 6 aromatic rings. The molecular formula is C51H52N6. The molecule has 0 aliphatic heterocycles. The molecule has 57 heavy (non-hydrogen) atoms. The summed E-state index contributed by atoms with van der Waals surface area (Å²) in [6.45, 7) is 5.84. The van der Waals surface area contributed by atoms with Crippen molar-refractivity contribution in [2.75, 3.05) is 35.8 Å². The van der Waals surface area contributed by atoms with Crippen LogP contribution in [0.3, 0.4) is 0 Å². The minimum atomic E-state index is -0.578. The molecule has 1 aliphatic rings. The van der Waals surface area contributed by atoms with Gasteiger partial charge < -0.3 is 14.7 Å². The molecule has 6 aromatic carbocycles. The van der Waals surface area contributed by atoms with Gasteiger partial charge in [0.05, 0.1) is 34.9 Å². The fraction of sp³-hybridized carbons (Fsp3) is 0.235. The summed E-state index contributed by atoms with van der Waals surface area (Å²) in [7, 11) is 6.02. The monoisotopic (exact) mass is 750 g/mol. The van der Waals surface area contributed by atoms with Crippen LogP contribution in [0.4, 0.5) is 34.1 Å². The average Bonchev–Trinajstić information content (AvgIpc) is 3.73. The van der Waals surface area contributed by atoms with Gasteiger partial charge in [-0.3, -0.25) is 0 Å². The Bertz CT molecular complexity index is 2380. The molecule has 0 atom stereocenters. The summed E-state index contributed by atoms with van der Waals surface area (Å²) < 4.78 is 16.6. The molecule has 6 nitrogen and oxygen atoms in total. The van der Waals surface area contributed by atoms with E-state index < -0.39 is 5.89 Å². The van der Waals surface area contributed by atoms with Crippen molar-refractivity contribution in [2.24, 2.45) is 0 Å². The second-order valence-electron chi connectivity index (χ2n) is 14.4. The lowest BCUT2D eigenvalue weighted by Gasteiger charge is -2.20. The largest absolute Gasteiger partial charge is 0.345 e. The van der Waals surface area contributed by atoms with Crippen LogP contribution in [0.1, 0.15) is 87.4 Å². The third-order valence-corrected chi connectivity index (χ3v) is 10.3. The molecule has 286 valence electrons. The van der Waals surface area contributed by atoms with E-state index in [4.69, 9.17) is 18.5 Å². The normalized spacial score (nSPS) is 13.0. The first-order chi connectivity index (χ1) is 28.2. The summed E-state index contributed by atoms with van der Waals surface area (Å²) in [4.78, 5) is 6.25. The number of benzene rings is 6. The van der Waals surface area contributed by atoms with Crippen molar-refractivity contribution in [3.8, 4) is 18.2 Å². The van der Waals surface area contributed by atoms with E-state index in [0.717, 1.165) is 70.9 Å². The molecular weight excluding hydrogens is 697 g/mol. The second-order valence-corrected chi connectivity index (χ2v) is 14.4. The lowest BCUT2D eigenvalue weighted by Crippen LogP contribution is -2.09. The number of hydrogen-bond acceptors (Lipinski definition) is 6. The van der Waals surface area contributed by atoms with E-state index in [1.807, 2.05) is 132 Å². The van der Waals surface area contributed by atoms with Crippen LogP contribution in [-0.4, -0.2) is 21.1 Å².